The van der Waals surface area contributed by atoms with Crippen LogP contribution in [0, 0.1) is 0 Å². The van der Waals surface area contributed by atoms with E-state index in [1.54, 1.807) is 0 Å². The number of nitrogens with one attached hydrogen (secondary N) is 2. The standard InChI is InChI=1S/C43H26N4O2/c1-3-11-23(12-4-1)41-44-42(24-13-5-2-6-14-24)46-43(45-41)47-29-18-8-7-15-27(29)36-39(47)28-21-22-32-37-33-25(16-9-19-30(33)48-32)26-17-10-20-31-34(26)38(35(28)37)40(36)49-31/h1-22,41,43,45H,(H,44,46). The Labute approximate surface area is 278 Å². The van der Waals surface area contributed by atoms with Gasteiger partial charge in [-0.1, -0.05) is 103 Å². The van der Waals surface area contributed by atoms with Crippen molar-refractivity contribution in [2.45, 2.75) is 12.5 Å². The monoisotopic (exact) mass is 630 g/mol. The van der Waals surface area contributed by atoms with Crippen LogP contribution in [0.25, 0.3) is 87.6 Å². The molecule has 2 unspecified atom stereocenters. The molecule has 0 radical (unpaired) electrons. The summed E-state index contributed by atoms with van der Waals surface area (Å²) in [5.74, 6) is 0.841. The molecule has 3 aromatic heterocycles. The fraction of sp³-hybridized carbons (Fsp3) is 0.0465. The van der Waals surface area contributed by atoms with E-state index < -0.39 is 6.29 Å². The zero-order valence-electron chi connectivity index (χ0n) is 26.1. The third kappa shape index (κ3) is 3.26. The molecule has 12 rings (SSSR count). The van der Waals surface area contributed by atoms with Crippen molar-refractivity contribution in [3.8, 4) is 11.1 Å². The molecular weight excluding hydrogens is 604 g/mol. The van der Waals surface area contributed by atoms with Crippen molar-refractivity contribution < 1.29 is 8.83 Å². The zero-order valence-corrected chi connectivity index (χ0v) is 26.1. The second kappa shape index (κ2) is 9.16. The summed E-state index contributed by atoms with van der Waals surface area (Å²) in [5, 5.41) is 16.7. The van der Waals surface area contributed by atoms with Crippen LogP contribution in [0.2, 0.25) is 0 Å². The molecule has 0 saturated heterocycles. The molecule has 230 valence electrons. The lowest BCUT2D eigenvalue weighted by Gasteiger charge is -2.33. The number of para-hydroxylation sites is 1. The second-order valence-corrected chi connectivity index (χ2v) is 13.1. The van der Waals surface area contributed by atoms with Gasteiger partial charge in [0, 0.05) is 43.3 Å². The molecule has 0 amide bonds. The fourth-order valence-electron chi connectivity index (χ4n) is 8.63. The maximum Gasteiger partial charge on any atom is 0.184 e. The number of hydrogen-bond acceptors (Lipinski definition) is 5. The molecular formula is C43H26N4O2. The van der Waals surface area contributed by atoms with E-state index in [-0.39, 0.29) is 6.17 Å². The number of furan rings is 2. The van der Waals surface area contributed by atoms with E-state index in [0.29, 0.717) is 0 Å². The Morgan fingerprint density at radius 1 is 0.531 bits per heavy atom. The van der Waals surface area contributed by atoms with E-state index in [0.717, 1.165) is 88.0 Å². The molecule has 0 fully saturated rings. The fourth-order valence-corrected chi connectivity index (χ4v) is 8.63. The van der Waals surface area contributed by atoms with Crippen LogP contribution in [0.4, 0.5) is 0 Å². The number of hydrogen-bond donors (Lipinski definition) is 2. The summed E-state index contributed by atoms with van der Waals surface area (Å²) in [6, 6.07) is 46.8. The van der Waals surface area contributed by atoms with Gasteiger partial charge in [0.1, 0.15) is 34.3 Å². The number of rotatable bonds is 3. The van der Waals surface area contributed by atoms with Gasteiger partial charge in [-0.3, -0.25) is 5.32 Å². The molecule has 7 aromatic carbocycles. The predicted octanol–water partition coefficient (Wildman–Crippen LogP) is 10.5. The summed E-state index contributed by atoms with van der Waals surface area (Å²) in [6.45, 7) is 0. The zero-order chi connectivity index (χ0) is 31.8. The van der Waals surface area contributed by atoms with Crippen LogP contribution in [0.3, 0.4) is 0 Å². The summed E-state index contributed by atoms with van der Waals surface area (Å²) in [7, 11) is 0. The Balaban J connectivity index is 1.28. The number of amidine groups is 1. The predicted molar refractivity (Wildman–Crippen MR) is 198 cm³/mol. The lowest BCUT2D eigenvalue weighted by atomic mass is 9.97. The highest BCUT2D eigenvalue weighted by Crippen LogP contribution is 2.54. The summed E-state index contributed by atoms with van der Waals surface area (Å²) in [4.78, 5) is 5.42. The lowest BCUT2D eigenvalue weighted by Crippen LogP contribution is -2.46. The van der Waals surface area contributed by atoms with Gasteiger partial charge in [-0.15, -0.1) is 0 Å². The number of aromatic nitrogens is 1. The molecule has 49 heavy (non-hydrogen) atoms. The van der Waals surface area contributed by atoms with Crippen molar-refractivity contribution in [2.75, 3.05) is 0 Å². The van der Waals surface area contributed by atoms with Gasteiger partial charge < -0.3 is 18.7 Å². The van der Waals surface area contributed by atoms with Crippen LogP contribution in [0.5, 0.6) is 0 Å². The molecule has 6 heteroatoms. The van der Waals surface area contributed by atoms with Crippen molar-refractivity contribution in [1.82, 2.24) is 15.2 Å². The Morgan fingerprint density at radius 2 is 1.22 bits per heavy atom. The van der Waals surface area contributed by atoms with Crippen molar-refractivity contribution >= 4 is 82.3 Å². The molecule has 2 N–H and O–H groups in total. The van der Waals surface area contributed by atoms with Crippen molar-refractivity contribution in [1.29, 1.82) is 0 Å². The Kier molecular flexibility index (Phi) is 4.80. The average molecular weight is 631 g/mol. The van der Waals surface area contributed by atoms with Gasteiger partial charge in [0.05, 0.1) is 16.4 Å². The van der Waals surface area contributed by atoms with Crippen LogP contribution in [-0.2, 0) is 0 Å². The Bertz CT molecular complexity index is 3060. The SMILES string of the molecule is c1ccc(C2=NC(n3c4ccccc4c4c5oc6cccc7c6c5c5c(ccc6oc8cccc-7c8c65)c43)NC(c3ccccc3)N2)cc1. The topological polar surface area (TPSA) is 67.6 Å². The molecule has 0 saturated carbocycles. The first-order valence-corrected chi connectivity index (χ1v) is 16.7. The minimum absolute atomic E-state index is 0.173. The normalized spacial score (nSPS) is 17.2. The first kappa shape index (κ1) is 25.7. The third-order valence-corrected chi connectivity index (χ3v) is 10.6. The maximum absolute atomic E-state index is 6.98. The Morgan fingerprint density at radius 3 is 2.04 bits per heavy atom. The molecule has 2 aliphatic rings. The highest BCUT2D eigenvalue weighted by Gasteiger charge is 2.32. The van der Waals surface area contributed by atoms with Crippen molar-refractivity contribution in [3.63, 3.8) is 0 Å². The molecule has 10 aromatic rings. The van der Waals surface area contributed by atoms with Crippen LogP contribution < -0.4 is 10.6 Å². The molecule has 6 nitrogen and oxygen atoms in total. The van der Waals surface area contributed by atoms with Crippen LogP contribution in [-0.4, -0.2) is 10.4 Å². The number of fused-ring (bicyclic) bond motifs is 6. The Hall–Kier alpha value is -6.37. The van der Waals surface area contributed by atoms with E-state index in [2.05, 4.69) is 143 Å². The number of aliphatic imine (C=N–C) groups is 1. The van der Waals surface area contributed by atoms with E-state index in [1.807, 2.05) is 6.07 Å². The minimum Gasteiger partial charge on any atom is -0.456 e. The smallest absolute Gasteiger partial charge is 0.184 e. The van der Waals surface area contributed by atoms with E-state index in [9.17, 15) is 0 Å². The summed E-state index contributed by atoms with van der Waals surface area (Å²) >= 11 is 0. The second-order valence-electron chi connectivity index (χ2n) is 13.1. The van der Waals surface area contributed by atoms with Crippen LogP contribution in [0.1, 0.15) is 23.6 Å². The van der Waals surface area contributed by atoms with Gasteiger partial charge in [-0.05, 0) is 47.0 Å². The summed E-state index contributed by atoms with van der Waals surface area (Å²) in [5.41, 5.74) is 10.3. The average Bonchev–Trinajstić information content (AvgIpc) is 3.82. The van der Waals surface area contributed by atoms with Gasteiger partial charge >= 0.3 is 0 Å². The number of nitrogens with zero attached hydrogens (tertiary/aromatic N) is 2. The van der Waals surface area contributed by atoms with Gasteiger partial charge in [0.25, 0.3) is 0 Å². The highest BCUT2D eigenvalue weighted by molar-refractivity contribution is 6.43. The largest absolute Gasteiger partial charge is 0.456 e. The minimum atomic E-state index is -0.429. The highest BCUT2D eigenvalue weighted by atomic mass is 16.3. The summed E-state index contributed by atoms with van der Waals surface area (Å²) < 4.78 is 15.9. The lowest BCUT2D eigenvalue weighted by molar-refractivity contribution is 0.341. The van der Waals surface area contributed by atoms with Crippen molar-refractivity contribution in [2.24, 2.45) is 4.99 Å². The van der Waals surface area contributed by atoms with Gasteiger partial charge in [0.15, 0.2) is 6.29 Å². The first-order valence-electron chi connectivity index (χ1n) is 16.7. The molecule has 1 aliphatic carbocycles. The van der Waals surface area contributed by atoms with E-state index in [1.165, 1.54) is 16.5 Å². The van der Waals surface area contributed by atoms with Gasteiger partial charge in [-0.25, -0.2) is 4.99 Å². The summed E-state index contributed by atoms with van der Waals surface area (Å²) in [6.07, 6.45) is -0.602. The van der Waals surface area contributed by atoms with Gasteiger partial charge in [-0.2, -0.15) is 0 Å². The van der Waals surface area contributed by atoms with Gasteiger partial charge in [0.2, 0.25) is 0 Å². The van der Waals surface area contributed by atoms with Crippen LogP contribution >= 0.6 is 0 Å². The number of benzene rings is 7. The molecule has 4 heterocycles. The van der Waals surface area contributed by atoms with E-state index >= 15 is 0 Å². The molecule has 2 atom stereocenters. The molecule has 1 aliphatic heterocycles. The maximum atomic E-state index is 6.98. The molecule has 0 spiro atoms. The quantitative estimate of drug-likeness (QED) is 0.204. The first-order chi connectivity index (χ1) is 24.3. The van der Waals surface area contributed by atoms with E-state index in [4.69, 9.17) is 13.8 Å². The van der Waals surface area contributed by atoms with Crippen LogP contribution in [0.15, 0.2) is 147 Å². The third-order valence-electron chi connectivity index (χ3n) is 10.6. The van der Waals surface area contributed by atoms with Crippen molar-refractivity contribution in [3.05, 3.63) is 145 Å². The molecule has 0 bridgehead atoms.